The number of amides is 1. The van der Waals surface area contributed by atoms with Crippen LogP contribution in [0.1, 0.15) is 18.9 Å². The summed E-state index contributed by atoms with van der Waals surface area (Å²) in [6.45, 7) is 1.93. The summed E-state index contributed by atoms with van der Waals surface area (Å²) in [4.78, 5) is 24.0. The first kappa shape index (κ1) is 12.6. The summed E-state index contributed by atoms with van der Waals surface area (Å²) in [6.07, 6.45) is 1.88. The second-order valence-corrected chi connectivity index (χ2v) is 3.20. The second-order valence-electron chi connectivity index (χ2n) is 3.20. The molecule has 0 radical (unpaired) electrons. The van der Waals surface area contributed by atoms with Crippen molar-refractivity contribution in [1.82, 2.24) is 10.3 Å². The van der Waals surface area contributed by atoms with Crippen LogP contribution in [0.3, 0.4) is 0 Å². The average Bonchev–Trinajstić information content (AvgIpc) is 2.29. The van der Waals surface area contributed by atoms with Gasteiger partial charge in [-0.05, 0) is 16.0 Å². The van der Waals surface area contributed by atoms with Gasteiger partial charge < -0.3 is 15.4 Å². The van der Waals surface area contributed by atoms with E-state index in [1.807, 2.05) is 0 Å². The zero-order chi connectivity index (χ0) is 12.7. The number of nitrogens with one attached hydrogen (secondary N) is 1. The van der Waals surface area contributed by atoms with Crippen LogP contribution in [0.4, 0.5) is 5.82 Å². The van der Waals surface area contributed by atoms with E-state index in [4.69, 9.17) is 0 Å². The van der Waals surface area contributed by atoms with Gasteiger partial charge in [-0.3, -0.25) is 4.79 Å². The molecule has 88 valence electrons. The van der Waals surface area contributed by atoms with E-state index in [0.29, 0.717) is 18.5 Å². The van der Waals surface area contributed by atoms with Gasteiger partial charge in [-0.1, -0.05) is 11.8 Å². The molecule has 0 aliphatic rings. The lowest BCUT2D eigenvalue weighted by atomic mass is 10.2. The van der Waals surface area contributed by atoms with E-state index >= 15 is 0 Å². The molecule has 0 unspecified atom stereocenters. The van der Waals surface area contributed by atoms with Gasteiger partial charge in [0.1, 0.15) is 0 Å². The van der Waals surface area contributed by atoms with Crippen molar-refractivity contribution in [3.8, 4) is 11.8 Å². The van der Waals surface area contributed by atoms with Crippen LogP contribution in [0.25, 0.3) is 0 Å². The number of hydrogen-bond acceptors (Lipinski definition) is 4. The Hall–Kier alpha value is -2.42. The molecular formula is C11H11N3O3. The topological polar surface area (TPSA) is 85.1 Å². The van der Waals surface area contributed by atoms with E-state index in [0.717, 1.165) is 0 Å². The van der Waals surface area contributed by atoms with Gasteiger partial charge >= 0.3 is 5.82 Å². The summed E-state index contributed by atoms with van der Waals surface area (Å²) in [5, 5.41) is 13.0. The molecule has 0 aliphatic carbocycles. The fraction of sp³-hybridized carbons (Fsp3) is 0.273. The van der Waals surface area contributed by atoms with Gasteiger partial charge in [0.25, 0.3) is 0 Å². The Morgan fingerprint density at radius 2 is 2.35 bits per heavy atom. The van der Waals surface area contributed by atoms with Gasteiger partial charge in [-0.2, -0.15) is 0 Å². The van der Waals surface area contributed by atoms with E-state index in [9.17, 15) is 14.9 Å². The standard InChI is InChI=1S/C11H11N3O3/c1-9(15)12-7-3-2-4-10-5-6-11(13-8-10)14(16)17/h5-6,8H,3,7H2,1H3,(H,12,15). The maximum absolute atomic E-state index is 10.5. The molecule has 0 fully saturated rings. The summed E-state index contributed by atoms with van der Waals surface area (Å²) in [7, 11) is 0. The van der Waals surface area contributed by atoms with E-state index in [1.165, 1.54) is 25.3 Å². The van der Waals surface area contributed by atoms with Crippen molar-refractivity contribution in [1.29, 1.82) is 0 Å². The Labute approximate surface area is 98.2 Å². The third-order valence-electron chi connectivity index (χ3n) is 1.79. The van der Waals surface area contributed by atoms with Crippen molar-refractivity contribution in [2.45, 2.75) is 13.3 Å². The lowest BCUT2D eigenvalue weighted by molar-refractivity contribution is -0.389. The van der Waals surface area contributed by atoms with Crippen molar-refractivity contribution < 1.29 is 9.72 Å². The molecule has 0 aliphatic heterocycles. The summed E-state index contributed by atoms with van der Waals surface area (Å²) < 4.78 is 0. The fourth-order valence-electron chi connectivity index (χ4n) is 1.03. The number of hydrogen-bond donors (Lipinski definition) is 1. The average molecular weight is 233 g/mol. The van der Waals surface area contributed by atoms with E-state index in [1.54, 1.807) is 0 Å². The van der Waals surface area contributed by atoms with E-state index in [2.05, 4.69) is 22.1 Å². The minimum absolute atomic E-state index is 0.0937. The lowest BCUT2D eigenvalue weighted by Crippen LogP contribution is -2.20. The van der Waals surface area contributed by atoms with Crippen LogP contribution in [0, 0.1) is 22.0 Å². The summed E-state index contributed by atoms with van der Waals surface area (Å²) in [5.74, 6) is 5.34. The number of carbonyl (C=O) groups is 1. The second kappa shape index (κ2) is 6.23. The van der Waals surface area contributed by atoms with Crippen LogP contribution >= 0.6 is 0 Å². The first-order chi connectivity index (χ1) is 8.09. The molecule has 0 aromatic carbocycles. The monoisotopic (exact) mass is 233 g/mol. The molecule has 6 nitrogen and oxygen atoms in total. The molecule has 1 aromatic heterocycles. The Morgan fingerprint density at radius 3 is 2.88 bits per heavy atom. The van der Waals surface area contributed by atoms with Crippen LogP contribution in [0.15, 0.2) is 18.3 Å². The molecule has 0 bridgehead atoms. The molecule has 0 spiro atoms. The maximum atomic E-state index is 10.5. The molecule has 6 heteroatoms. The molecule has 0 saturated heterocycles. The van der Waals surface area contributed by atoms with E-state index in [-0.39, 0.29) is 11.7 Å². The molecule has 0 atom stereocenters. The summed E-state index contributed by atoms with van der Waals surface area (Å²) in [6, 6.07) is 2.84. The van der Waals surface area contributed by atoms with Gasteiger partial charge in [0.05, 0.1) is 5.56 Å². The van der Waals surface area contributed by atoms with Gasteiger partial charge in [0, 0.05) is 26.0 Å². The van der Waals surface area contributed by atoms with Gasteiger partial charge in [-0.15, -0.1) is 0 Å². The van der Waals surface area contributed by atoms with Crippen molar-refractivity contribution in [3.63, 3.8) is 0 Å². The molecule has 1 heterocycles. The normalized spacial score (nSPS) is 9.00. The third-order valence-corrected chi connectivity index (χ3v) is 1.79. The van der Waals surface area contributed by atoms with Crippen molar-refractivity contribution in [2.75, 3.05) is 6.54 Å². The zero-order valence-electron chi connectivity index (χ0n) is 9.27. The molecule has 1 N–H and O–H groups in total. The quantitative estimate of drug-likeness (QED) is 0.363. The number of nitro groups is 1. The SMILES string of the molecule is CC(=O)NCCC#Cc1ccc([N+](=O)[O-])nc1. The Balaban J connectivity index is 2.49. The zero-order valence-corrected chi connectivity index (χ0v) is 9.27. The van der Waals surface area contributed by atoms with Gasteiger partial charge in [0.15, 0.2) is 6.20 Å². The number of carbonyl (C=O) groups excluding carboxylic acids is 1. The molecule has 17 heavy (non-hydrogen) atoms. The largest absolute Gasteiger partial charge is 0.363 e. The van der Waals surface area contributed by atoms with Crippen molar-refractivity contribution >= 4 is 11.7 Å². The minimum Gasteiger partial charge on any atom is -0.358 e. The smallest absolute Gasteiger partial charge is 0.358 e. The molecule has 1 aromatic rings. The predicted molar refractivity (Wildman–Crippen MR) is 61.1 cm³/mol. The first-order valence-corrected chi connectivity index (χ1v) is 4.93. The Kier molecular flexibility index (Phi) is 4.63. The van der Waals surface area contributed by atoms with Crippen LogP contribution in [-0.2, 0) is 4.79 Å². The highest BCUT2D eigenvalue weighted by Crippen LogP contribution is 2.06. The summed E-state index contributed by atoms with van der Waals surface area (Å²) in [5.41, 5.74) is 0.610. The van der Waals surface area contributed by atoms with Gasteiger partial charge in [0.2, 0.25) is 5.91 Å². The molecule has 0 saturated carbocycles. The lowest BCUT2D eigenvalue weighted by Gasteiger charge is -1.94. The Morgan fingerprint density at radius 1 is 1.59 bits per heavy atom. The molecule has 1 amide bonds. The van der Waals surface area contributed by atoms with Crippen molar-refractivity contribution in [2.24, 2.45) is 0 Å². The van der Waals surface area contributed by atoms with Crippen LogP contribution in [0.2, 0.25) is 0 Å². The third kappa shape index (κ3) is 4.75. The Bertz CT molecular complexity index is 471. The number of nitrogens with zero attached hydrogens (tertiary/aromatic N) is 2. The van der Waals surface area contributed by atoms with Crippen LogP contribution in [-0.4, -0.2) is 22.4 Å². The highest BCUT2D eigenvalue weighted by Gasteiger charge is 2.04. The highest BCUT2D eigenvalue weighted by atomic mass is 16.6. The molecule has 1 rings (SSSR count). The predicted octanol–water partition coefficient (Wildman–Crippen LogP) is 0.867. The van der Waals surface area contributed by atoms with Crippen LogP contribution in [0.5, 0.6) is 0 Å². The maximum Gasteiger partial charge on any atom is 0.363 e. The highest BCUT2D eigenvalue weighted by molar-refractivity contribution is 5.72. The number of rotatable bonds is 3. The number of pyridine rings is 1. The van der Waals surface area contributed by atoms with Gasteiger partial charge in [-0.25, -0.2) is 0 Å². The van der Waals surface area contributed by atoms with E-state index < -0.39 is 4.92 Å². The van der Waals surface area contributed by atoms with Crippen molar-refractivity contribution in [3.05, 3.63) is 34.0 Å². The first-order valence-electron chi connectivity index (χ1n) is 4.93. The summed E-state index contributed by atoms with van der Waals surface area (Å²) >= 11 is 0. The number of aromatic nitrogens is 1. The fourth-order valence-corrected chi connectivity index (χ4v) is 1.03. The van der Waals surface area contributed by atoms with Crippen LogP contribution < -0.4 is 5.32 Å². The minimum atomic E-state index is -0.562. The molecular weight excluding hydrogens is 222 g/mol.